The van der Waals surface area contributed by atoms with Gasteiger partial charge in [0.15, 0.2) is 0 Å². The summed E-state index contributed by atoms with van der Waals surface area (Å²) >= 11 is 5.96. The van der Waals surface area contributed by atoms with Gasteiger partial charge in [-0.2, -0.15) is 0 Å². The number of nitrogens with two attached hydrogens (primary N) is 1. The Morgan fingerprint density at radius 3 is 2.53 bits per heavy atom. The van der Waals surface area contributed by atoms with Gasteiger partial charge in [0.2, 0.25) is 10.0 Å². The average molecular weight is 305 g/mol. The van der Waals surface area contributed by atoms with Crippen LogP contribution >= 0.6 is 11.6 Å². The van der Waals surface area contributed by atoms with Crippen molar-refractivity contribution in [1.82, 2.24) is 4.72 Å². The van der Waals surface area contributed by atoms with Crippen LogP contribution in [0.3, 0.4) is 0 Å². The van der Waals surface area contributed by atoms with Crippen LogP contribution < -0.4 is 10.5 Å². The number of aryl methyl sites for hydroxylation is 1. The van der Waals surface area contributed by atoms with Crippen LogP contribution in [0.2, 0.25) is 5.02 Å². The summed E-state index contributed by atoms with van der Waals surface area (Å²) in [5, 5.41) is 0.227. The lowest BCUT2D eigenvalue weighted by atomic mass is 10.1. The summed E-state index contributed by atoms with van der Waals surface area (Å²) in [5.74, 6) is 0.433. The van der Waals surface area contributed by atoms with Crippen LogP contribution in [0.25, 0.3) is 0 Å². The summed E-state index contributed by atoms with van der Waals surface area (Å²) in [6, 6.07) is 4.66. The molecule has 0 aliphatic heterocycles. The summed E-state index contributed by atoms with van der Waals surface area (Å²) in [6.45, 7) is 6.16. The molecule has 0 radical (unpaired) electrons. The fourth-order valence-corrected chi connectivity index (χ4v) is 3.50. The molecule has 6 heteroatoms. The molecule has 108 valence electrons. The molecule has 0 bridgehead atoms. The van der Waals surface area contributed by atoms with Gasteiger partial charge in [-0.1, -0.05) is 31.5 Å². The normalized spacial score (nSPS) is 13.8. The van der Waals surface area contributed by atoms with Crippen LogP contribution in [0.1, 0.15) is 25.8 Å². The van der Waals surface area contributed by atoms with Crippen LogP contribution in [0, 0.1) is 12.8 Å². The van der Waals surface area contributed by atoms with Gasteiger partial charge in [0.05, 0.1) is 5.02 Å². The number of rotatable bonds is 6. The highest BCUT2D eigenvalue weighted by molar-refractivity contribution is 7.89. The molecule has 1 unspecified atom stereocenters. The maximum absolute atomic E-state index is 12.1. The molecule has 0 spiro atoms. The number of sulfonamides is 1. The second-order valence-electron chi connectivity index (χ2n) is 5.18. The molecule has 0 amide bonds. The highest BCUT2D eigenvalue weighted by Crippen LogP contribution is 2.22. The van der Waals surface area contributed by atoms with Crippen molar-refractivity contribution in [2.45, 2.75) is 38.1 Å². The van der Waals surface area contributed by atoms with Gasteiger partial charge in [0.1, 0.15) is 4.90 Å². The minimum atomic E-state index is -3.60. The Hall–Kier alpha value is -0.620. The first kappa shape index (κ1) is 16.4. The maximum atomic E-state index is 12.1. The van der Waals surface area contributed by atoms with E-state index in [0.29, 0.717) is 5.92 Å². The van der Waals surface area contributed by atoms with Crippen molar-refractivity contribution in [2.24, 2.45) is 11.7 Å². The van der Waals surface area contributed by atoms with Crippen LogP contribution in [0.4, 0.5) is 0 Å². The van der Waals surface area contributed by atoms with Gasteiger partial charge in [-0.05, 0) is 37.0 Å². The molecule has 0 aliphatic carbocycles. The van der Waals surface area contributed by atoms with Crippen molar-refractivity contribution in [3.05, 3.63) is 28.8 Å². The number of hydrogen-bond donors (Lipinski definition) is 2. The molecule has 0 saturated carbocycles. The predicted octanol–water partition coefficient (Wildman–Crippen LogP) is 2.30. The zero-order valence-corrected chi connectivity index (χ0v) is 13.1. The largest absolute Gasteiger partial charge is 0.327 e. The van der Waals surface area contributed by atoms with Gasteiger partial charge in [0, 0.05) is 12.6 Å². The van der Waals surface area contributed by atoms with Gasteiger partial charge in [-0.15, -0.1) is 0 Å². The van der Waals surface area contributed by atoms with Gasteiger partial charge in [-0.3, -0.25) is 0 Å². The van der Waals surface area contributed by atoms with Crippen molar-refractivity contribution in [3.8, 4) is 0 Å². The van der Waals surface area contributed by atoms with E-state index in [0.717, 1.165) is 12.0 Å². The molecule has 0 fully saturated rings. The molecule has 1 rings (SSSR count). The summed E-state index contributed by atoms with van der Waals surface area (Å²) < 4.78 is 26.7. The molecule has 1 aromatic carbocycles. The third-order valence-electron chi connectivity index (χ3n) is 2.69. The summed E-state index contributed by atoms with van der Waals surface area (Å²) in [4.78, 5) is 0.0940. The lowest BCUT2D eigenvalue weighted by Gasteiger charge is -2.15. The molecule has 4 nitrogen and oxygen atoms in total. The highest BCUT2D eigenvalue weighted by Gasteiger charge is 2.18. The molecular weight excluding hydrogens is 284 g/mol. The van der Waals surface area contributed by atoms with Crippen LogP contribution in [0.15, 0.2) is 23.1 Å². The molecule has 0 aliphatic rings. The Balaban J connectivity index is 2.76. The topological polar surface area (TPSA) is 72.2 Å². The van der Waals surface area contributed by atoms with Crippen molar-refractivity contribution in [3.63, 3.8) is 0 Å². The Morgan fingerprint density at radius 1 is 1.37 bits per heavy atom. The van der Waals surface area contributed by atoms with Crippen molar-refractivity contribution < 1.29 is 8.42 Å². The third-order valence-corrected chi connectivity index (χ3v) is 4.59. The molecule has 1 atom stereocenters. The van der Waals surface area contributed by atoms with E-state index >= 15 is 0 Å². The SMILES string of the molecule is Cc1ccc(S(=O)(=O)NCC(N)CC(C)C)c(Cl)c1. The molecule has 1 aromatic rings. The number of halogens is 1. The Labute approximate surface area is 120 Å². The summed E-state index contributed by atoms with van der Waals surface area (Å²) in [6.07, 6.45) is 0.768. The molecule has 0 heterocycles. The first-order chi connectivity index (χ1) is 8.72. The number of nitrogens with one attached hydrogen (secondary N) is 1. The Bertz CT molecular complexity index is 529. The fourth-order valence-electron chi connectivity index (χ4n) is 1.81. The molecule has 0 aromatic heterocycles. The van der Waals surface area contributed by atoms with E-state index in [2.05, 4.69) is 4.72 Å². The van der Waals surface area contributed by atoms with E-state index in [1.165, 1.54) is 6.07 Å². The van der Waals surface area contributed by atoms with Gasteiger partial charge in [0.25, 0.3) is 0 Å². The lowest BCUT2D eigenvalue weighted by Crippen LogP contribution is -2.38. The second-order valence-corrected chi connectivity index (χ2v) is 7.32. The molecule has 0 saturated heterocycles. The predicted molar refractivity (Wildman–Crippen MR) is 78.8 cm³/mol. The minimum Gasteiger partial charge on any atom is -0.327 e. The van der Waals surface area contributed by atoms with E-state index in [-0.39, 0.29) is 22.5 Å². The second kappa shape index (κ2) is 6.70. The van der Waals surface area contributed by atoms with Crippen LogP contribution in [-0.4, -0.2) is 21.0 Å². The summed E-state index contributed by atoms with van der Waals surface area (Å²) in [5.41, 5.74) is 6.78. The lowest BCUT2D eigenvalue weighted by molar-refractivity contribution is 0.486. The van der Waals surface area contributed by atoms with E-state index in [4.69, 9.17) is 17.3 Å². The zero-order chi connectivity index (χ0) is 14.6. The summed E-state index contributed by atoms with van der Waals surface area (Å²) in [7, 11) is -3.60. The third kappa shape index (κ3) is 5.10. The average Bonchev–Trinajstić information content (AvgIpc) is 2.25. The standard InChI is InChI=1S/C13H21ClN2O2S/c1-9(2)6-11(15)8-16-19(17,18)13-5-4-10(3)7-12(13)14/h4-5,7,9,11,16H,6,8,15H2,1-3H3. The number of benzene rings is 1. The smallest absolute Gasteiger partial charge is 0.242 e. The minimum absolute atomic E-state index is 0.0940. The Kier molecular flexibility index (Phi) is 5.80. The highest BCUT2D eigenvalue weighted by atomic mass is 35.5. The zero-order valence-electron chi connectivity index (χ0n) is 11.5. The molecular formula is C13H21ClN2O2S. The first-order valence-electron chi connectivity index (χ1n) is 6.23. The van der Waals surface area contributed by atoms with Gasteiger partial charge < -0.3 is 5.73 Å². The van der Waals surface area contributed by atoms with E-state index < -0.39 is 10.0 Å². The monoisotopic (exact) mass is 304 g/mol. The van der Waals surface area contributed by atoms with E-state index in [1.54, 1.807) is 12.1 Å². The fraction of sp³-hybridized carbons (Fsp3) is 0.538. The van der Waals surface area contributed by atoms with Crippen LogP contribution in [-0.2, 0) is 10.0 Å². The van der Waals surface area contributed by atoms with Crippen molar-refractivity contribution >= 4 is 21.6 Å². The molecule has 3 N–H and O–H groups in total. The first-order valence-corrected chi connectivity index (χ1v) is 8.10. The maximum Gasteiger partial charge on any atom is 0.242 e. The molecule has 19 heavy (non-hydrogen) atoms. The van der Waals surface area contributed by atoms with Gasteiger partial charge >= 0.3 is 0 Å². The number of hydrogen-bond acceptors (Lipinski definition) is 3. The Morgan fingerprint density at radius 2 is 2.00 bits per heavy atom. The van der Waals surface area contributed by atoms with Crippen molar-refractivity contribution in [1.29, 1.82) is 0 Å². The van der Waals surface area contributed by atoms with Gasteiger partial charge in [-0.25, -0.2) is 13.1 Å². The quantitative estimate of drug-likeness (QED) is 0.847. The van der Waals surface area contributed by atoms with Crippen molar-refractivity contribution in [2.75, 3.05) is 6.54 Å². The van der Waals surface area contributed by atoms with E-state index in [1.807, 2.05) is 20.8 Å². The van der Waals surface area contributed by atoms with E-state index in [9.17, 15) is 8.42 Å². The van der Waals surface area contributed by atoms with Crippen LogP contribution in [0.5, 0.6) is 0 Å².